The average molecular weight is 184 g/mol. The molecule has 0 aromatic carbocycles. The first-order valence-corrected chi connectivity index (χ1v) is 5.68. The lowest BCUT2D eigenvalue weighted by molar-refractivity contribution is 0.126. The summed E-state index contributed by atoms with van der Waals surface area (Å²) in [6.07, 6.45) is 2.80. The lowest BCUT2D eigenvalue weighted by Crippen LogP contribution is -2.44. The SMILES string of the molecule is CCNCCN1CC(C)CCC1C. The second kappa shape index (κ2) is 5.61. The highest BCUT2D eigenvalue weighted by atomic mass is 15.2. The molecule has 0 radical (unpaired) electrons. The first kappa shape index (κ1) is 11.0. The summed E-state index contributed by atoms with van der Waals surface area (Å²) in [4.78, 5) is 2.62. The number of hydrogen-bond donors (Lipinski definition) is 1. The topological polar surface area (TPSA) is 15.3 Å². The summed E-state index contributed by atoms with van der Waals surface area (Å²) < 4.78 is 0. The predicted octanol–water partition coefficient (Wildman–Crippen LogP) is 1.72. The lowest BCUT2D eigenvalue weighted by Gasteiger charge is -2.36. The number of hydrogen-bond acceptors (Lipinski definition) is 2. The van der Waals surface area contributed by atoms with Crippen molar-refractivity contribution in [3.8, 4) is 0 Å². The van der Waals surface area contributed by atoms with Crippen LogP contribution in [0.25, 0.3) is 0 Å². The monoisotopic (exact) mass is 184 g/mol. The molecule has 0 aromatic rings. The maximum Gasteiger partial charge on any atom is 0.0110 e. The maximum atomic E-state index is 3.39. The Labute approximate surface area is 82.7 Å². The molecule has 0 spiro atoms. The second-order valence-electron chi connectivity index (χ2n) is 4.38. The van der Waals surface area contributed by atoms with Crippen LogP contribution in [-0.4, -0.2) is 37.1 Å². The molecule has 1 rings (SSSR count). The van der Waals surface area contributed by atoms with Gasteiger partial charge in [0, 0.05) is 25.7 Å². The van der Waals surface area contributed by atoms with Gasteiger partial charge in [-0.3, -0.25) is 4.90 Å². The average Bonchev–Trinajstić information content (AvgIpc) is 2.11. The zero-order valence-electron chi connectivity index (χ0n) is 9.34. The van der Waals surface area contributed by atoms with Crippen LogP contribution in [0.1, 0.15) is 33.6 Å². The Morgan fingerprint density at radius 3 is 2.77 bits per heavy atom. The molecule has 0 aromatic heterocycles. The first-order chi connectivity index (χ1) is 6.24. The molecule has 1 aliphatic heterocycles. The van der Waals surface area contributed by atoms with Crippen LogP contribution in [0.3, 0.4) is 0 Å². The zero-order chi connectivity index (χ0) is 9.68. The zero-order valence-corrected chi connectivity index (χ0v) is 9.34. The van der Waals surface area contributed by atoms with Crippen LogP contribution in [-0.2, 0) is 0 Å². The number of rotatable bonds is 4. The van der Waals surface area contributed by atoms with E-state index in [4.69, 9.17) is 0 Å². The molecule has 2 heteroatoms. The van der Waals surface area contributed by atoms with Gasteiger partial charge in [0.05, 0.1) is 0 Å². The van der Waals surface area contributed by atoms with Crippen molar-refractivity contribution in [2.24, 2.45) is 5.92 Å². The standard InChI is InChI=1S/C11H24N2/c1-4-12-7-8-13-9-10(2)5-6-11(13)3/h10-12H,4-9H2,1-3H3. The number of nitrogens with one attached hydrogen (secondary N) is 1. The summed E-state index contributed by atoms with van der Waals surface area (Å²) in [6, 6.07) is 0.801. The van der Waals surface area contributed by atoms with Crippen molar-refractivity contribution in [3.63, 3.8) is 0 Å². The molecule has 13 heavy (non-hydrogen) atoms. The summed E-state index contributed by atoms with van der Waals surface area (Å²) in [6.45, 7) is 11.7. The van der Waals surface area contributed by atoms with Gasteiger partial charge in [-0.15, -0.1) is 0 Å². The lowest BCUT2D eigenvalue weighted by atomic mass is 9.95. The smallest absolute Gasteiger partial charge is 0.0110 e. The van der Waals surface area contributed by atoms with Gasteiger partial charge in [-0.05, 0) is 32.2 Å². The Balaban J connectivity index is 2.21. The van der Waals surface area contributed by atoms with E-state index in [0.29, 0.717) is 0 Å². The van der Waals surface area contributed by atoms with Crippen molar-refractivity contribution in [2.75, 3.05) is 26.2 Å². The molecule has 1 heterocycles. The molecular formula is C11H24N2. The first-order valence-electron chi connectivity index (χ1n) is 5.68. The van der Waals surface area contributed by atoms with Crippen molar-refractivity contribution < 1.29 is 0 Å². The molecule has 1 fully saturated rings. The molecule has 0 amide bonds. The van der Waals surface area contributed by atoms with Crippen LogP contribution in [0.15, 0.2) is 0 Å². The predicted molar refractivity (Wildman–Crippen MR) is 58.0 cm³/mol. The third kappa shape index (κ3) is 3.65. The largest absolute Gasteiger partial charge is 0.316 e. The molecule has 0 saturated carbocycles. The van der Waals surface area contributed by atoms with E-state index in [2.05, 4.69) is 31.0 Å². The van der Waals surface area contributed by atoms with Gasteiger partial charge >= 0.3 is 0 Å². The Bertz CT molecular complexity index is 136. The molecule has 2 atom stereocenters. The Hall–Kier alpha value is -0.0800. The highest BCUT2D eigenvalue weighted by molar-refractivity contribution is 4.77. The van der Waals surface area contributed by atoms with Crippen LogP contribution in [0, 0.1) is 5.92 Å². The molecule has 0 aliphatic carbocycles. The van der Waals surface area contributed by atoms with E-state index in [1.54, 1.807) is 0 Å². The van der Waals surface area contributed by atoms with E-state index < -0.39 is 0 Å². The molecule has 0 bridgehead atoms. The minimum atomic E-state index is 0.801. The fourth-order valence-corrected chi connectivity index (χ4v) is 2.09. The minimum Gasteiger partial charge on any atom is -0.316 e. The van der Waals surface area contributed by atoms with Gasteiger partial charge in [-0.25, -0.2) is 0 Å². The number of likely N-dealkylation sites (tertiary alicyclic amines) is 1. The number of piperidine rings is 1. The van der Waals surface area contributed by atoms with E-state index in [0.717, 1.165) is 25.0 Å². The van der Waals surface area contributed by atoms with Crippen LogP contribution in [0.5, 0.6) is 0 Å². The van der Waals surface area contributed by atoms with E-state index in [-0.39, 0.29) is 0 Å². The Morgan fingerprint density at radius 1 is 1.31 bits per heavy atom. The van der Waals surface area contributed by atoms with E-state index in [1.165, 1.54) is 25.9 Å². The van der Waals surface area contributed by atoms with Gasteiger partial charge in [-0.2, -0.15) is 0 Å². The van der Waals surface area contributed by atoms with Gasteiger partial charge in [0.15, 0.2) is 0 Å². The summed E-state index contributed by atoms with van der Waals surface area (Å²) in [5.74, 6) is 0.901. The van der Waals surface area contributed by atoms with Crippen LogP contribution < -0.4 is 5.32 Å². The summed E-state index contributed by atoms with van der Waals surface area (Å²) in [5.41, 5.74) is 0. The van der Waals surface area contributed by atoms with E-state index in [1.807, 2.05) is 0 Å². The highest BCUT2D eigenvalue weighted by Gasteiger charge is 2.21. The van der Waals surface area contributed by atoms with Crippen molar-refractivity contribution in [1.82, 2.24) is 10.2 Å². The summed E-state index contributed by atoms with van der Waals surface area (Å²) >= 11 is 0. The second-order valence-corrected chi connectivity index (χ2v) is 4.38. The van der Waals surface area contributed by atoms with Crippen molar-refractivity contribution in [3.05, 3.63) is 0 Å². The minimum absolute atomic E-state index is 0.801. The van der Waals surface area contributed by atoms with Gasteiger partial charge in [-0.1, -0.05) is 13.8 Å². The molecule has 2 nitrogen and oxygen atoms in total. The Kier molecular flexibility index (Phi) is 4.74. The molecule has 78 valence electrons. The summed E-state index contributed by atoms with van der Waals surface area (Å²) in [7, 11) is 0. The maximum absolute atomic E-state index is 3.39. The fraction of sp³-hybridized carbons (Fsp3) is 1.00. The normalized spacial score (nSPS) is 30.7. The van der Waals surface area contributed by atoms with Crippen LogP contribution in [0.2, 0.25) is 0 Å². The van der Waals surface area contributed by atoms with Crippen molar-refractivity contribution in [1.29, 1.82) is 0 Å². The van der Waals surface area contributed by atoms with Crippen molar-refractivity contribution in [2.45, 2.75) is 39.7 Å². The molecule has 1 saturated heterocycles. The molecular weight excluding hydrogens is 160 g/mol. The molecule has 2 unspecified atom stereocenters. The molecule has 1 aliphatic rings. The van der Waals surface area contributed by atoms with Crippen LogP contribution in [0.4, 0.5) is 0 Å². The van der Waals surface area contributed by atoms with Crippen LogP contribution >= 0.6 is 0 Å². The third-order valence-electron chi connectivity index (χ3n) is 3.07. The Morgan fingerprint density at radius 2 is 2.08 bits per heavy atom. The number of likely N-dealkylation sites (N-methyl/N-ethyl adjacent to an activating group) is 1. The van der Waals surface area contributed by atoms with Crippen molar-refractivity contribution >= 4 is 0 Å². The van der Waals surface area contributed by atoms with Gasteiger partial charge in [0.2, 0.25) is 0 Å². The van der Waals surface area contributed by atoms with Gasteiger partial charge in [0.25, 0.3) is 0 Å². The quantitative estimate of drug-likeness (QED) is 0.669. The van der Waals surface area contributed by atoms with Gasteiger partial charge < -0.3 is 5.32 Å². The summed E-state index contributed by atoms with van der Waals surface area (Å²) in [5, 5.41) is 3.39. The third-order valence-corrected chi connectivity index (χ3v) is 3.07. The fourth-order valence-electron chi connectivity index (χ4n) is 2.09. The number of nitrogens with zero attached hydrogens (tertiary/aromatic N) is 1. The molecule has 1 N–H and O–H groups in total. The van der Waals surface area contributed by atoms with Gasteiger partial charge in [0.1, 0.15) is 0 Å². The highest BCUT2D eigenvalue weighted by Crippen LogP contribution is 2.20. The van der Waals surface area contributed by atoms with E-state index in [9.17, 15) is 0 Å². The van der Waals surface area contributed by atoms with E-state index >= 15 is 0 Å².